The third-order valence-corrected chi connectivity index (χ3v) is 9.45. The summed E-state index contributed by atoms with van der Waals surface area (Å²) >= 11 is 1.23. The molecule has 3 aromatic heterocycles. The van der Waals surface area contributed by atoms with Crippen LogP contribution in [-0.4, -0.2) is 79.0 Å². The first-order valence-corrected chi connectivity index (χ1v) is 14.9. The molecule has 2 aliphatic rings. The summed E-state index contributed by atoms with van der Waals surface area (Å²) in [4.78, 5) is 18.9. The van der Waals surface area contributed by atoms with Crippen molar-refractivity contribution in [3.8, 4) is 0 Å². The number of anilines is 4. The van der Waals surface area contributed by atoms with E-state index in [1.165, 1.54) is 11.3 Å². The minimum atomic E-state index is -3.74. The van der Waals surface area contributed by atoms with Crippen LogP contribution >= 0.6 is 11.3 Å². The van der Waals surface area contributed by atoms with Gasteiger partial charge in [0.1, 0.15) is 29.0 Å². The van der Waals surface area contributed by atoms with E-state index in [2.05, 4.69) is 44.6 Å². The number of nitrogens with one attached hydrogen (secondary N) is 2. The van der Waals surface area contributed by atoms with Crippen LogP contribution in [0.25, 0.3) is 11.0 Å². The molecule has 14 heteroatoms. The highest BCUT2D eigenvalue weighted by atomic mass is 32.2. The summed E-state index contributed by atoms with van der Waals surface area (Å²) < 4.78 is 42.0. The Bertz CT molecular complexity index is 1530. The zero-order valence-corrected chi connectivity index (χ0v) is 22.5. The van der Waals surface area contributed by atoms with Gasteiger partial charge in [-0.05, 0) is 37.1 Å². The molecule has 5 heterocycles. The highest BCUT2D eigenvalue weighted by Gasteiger charge is 2.28. The van der Waals surface area contributed by atoms with Gasteiger partial charge in [-0.2, -0.15) is 0 Å². The number of hydrogen-bond donors (Lipinski definition) is 2. The number of aromatic nitrogens is 5. The zero-order valence-electron chi connectivity index (χ0n) is 20.8. The molecule has 1 aromatic carbocycles. The van der Waals surface area contributed by atoms with Crippen molar-refractivity contribution in [2.24, 2.45) is 0 Å². The van der Waals surface area contributed by atoms with Gasteiger partial charge in [0.2, 0.25) is 5.13 Å². The largest absolute Gasteiger partial charge is 0.368 e. The van der Waals surface area contributed by atoms with Crippen LogP contribution in [0.5, 0.6) is 0 Å². The number of aromatic amines is 1. The Morgan fingerprint density at radius 2 is 1.82 bits per heavy atom. The lowest BCUT2D eigenvalue weighted by atomic mass is 10.2. The minimum absolute atomic E-state index is 0.175. The lowest BCUT2D eigenvalue weighted by Crippen LogP contribution is -2.47. The summed E-state index contributed by atoms with van der Waals surface area (Å²) in [6.45, 7) is 5.98. The van der Waals surface area contributed by atoms with Crippen molar-refractivity contribution in [1.82, 2.24) is 25.1 Å². The topological polar surface area (TPSA) is 123 Å². The van der Waals surface area contributed by atoms with Crippen LogP contribution in [0.1, 0.15) is 18.4 Å². The van der Waals surface area contributed by atoms with Crippen LogP contribution < -0.4 is 19.4 Å². The maximum absolute atomic E-state index is 13.9. The molecule has 4 aromatic rings. The standard InChI is InChI=1S/C24H28FN9O2S2/c1-2-20-29-30-24(37-20)31-38(35,36)18-5-3-17(4-6-18)32-9-11-33(12-10-32)23-21-19(34-8-7-16(25)14-34)13-26-22(21)27-15-28-23/h3-6,13,15-16H,2,7-12,14H2,1H3,(H,30,31)(H,26,27,28). The van der Waals surface area contributed by atoms with Crippen molar-refractivity contribution in [3.05, 3.63) is 41.8 Å². The molecule has 0 spiro atoms. The molecule has 38 heavy (non-hydrogen) atoms. The van der Waals surface area contributed by atoms with E-state index in [9.17, 15) is 12.8 Å². The first-order chi connectivity index (χ1) is 18.4. The van der Waals surface area contributed by atoms with Gasteiger partial charge in [-0.3, -0.25) is 4.72 Å². The second-order valence-electron chi connectivity index (χ2n) is 9.35. The number of sulfonamides is 1. The normalized spacial score (nSPS) is 18.5. The molecule has 0 aliphatic carbocycles. The Labute approximate surface area is 223 Å². The van der Waals surface area contributed by atoms with E-state index in [-0.39, 0.29) is 10.0 Å². The lowest BCUT2D eigenvalue weighted by Gasteiger charge is -2.37. The minimum Gasteiger partial charge on any atom is -0.368 e. The first-order valence-electron chi connectivity index (χ1n) is 12.6. The van der Waals surface area contributed by atoms with Crippen molar-refractivity contribution in [3.63, 3.8) is 0 Å². The first kappa shape index (κ1) is 24.8. The molecule has 1 atom stereocenters. The van der Waals surface area contributed by atoms with Crippen molar-refractivity contribution in [1.29, 1.82) is 0 Å². The van der Waals surface area contributed by atoms with Gasteiger partial charge in [0.15, 0.2) is 0 Å². The third kappa shape index (κ3) is 4.73. The molecule has 2 N–H and O–H groups in total. The van der Waals surface area contributed by atoms with E-state index < -0.39 is 16.2 Å². The summed E-state index contributed by atoms with van der Waals surface area (Å²) in [6, 6.07) is 6.88. The number of fused-ring (bicyclic) bond motifs is 1. The highest BCUT2D eigenvalue weighted by Crippen LogP contribution is 2.35. The van der Waals surface area contributed by atoms with E-state index >= 15 is 0 Å². The maximum atomic E-state index is 13.9. The van der Waals surface area contributed by atoms with Crippen LogP contribution in [0.15, 0.2) is 41.7 Å². The predicted molar refractivity (Wildman–Crippen MR) is 147 cm³/mol. The average Bonchev–Trinajstić information content (AvgIpc) is 3.68. The fourth-order valence-corrected chi connectivity index (χ4v) is 6.89. The van der Waals surface area contributed by atoms with Gasteiger partial charge >= 0.3 is 0 Å². The summed E-state index contributed by atoms with van der Waals surface area (Å²) in [5.74, 6) is 0.851. The van der Waals surface area contributed by atoms with E-state index in [0.29, 0.717) is 25.9 Å². The molecule has 0 saturated carbocycles. The Hall–Kier alpha value is -3.52. The molecule has 200 valence electrons. The molecule has 2 saturated heterocycles. The van der Waals surface area contributed by atoms with Crippen LogP contribution in [0.2, 0.25) is 0 Å². The second kappa shape index (κ2) is 9.98. The number of nitrogens with zero attached hydrogens (tertiary/aromatic N) is 7. The van der Waals surface area contributed by atoms with Gasteiger partial charge in [-0.15, -0.1) is 10.2 Å². The number of alkyl halides is 1. The molecule has 6 rings (SSSR count). The Kier molecular flexibility index (Phi) is 6.51. The van der Waals surface area contributed by atoms with E-state index in [0.717, 1.165) is 59.4 Å². The molecule has 2 aliphatic heterocycles. The van der Waals surface area contributed by atoms with Crippen molar-refractivity contribution >= 4 is 54.7 Å². The number of H-pyrrole nitrogens is 1. The van der Waals surface area contributed by atoms with Crippen LogP contribution in [0.4, 0.5) is 26.7 Å². The van der Waals surface area contributed by atoms with Gasteiger partial charge in [-0.1, -0.05) is 18.3 Å². The van der Waals surface area contributed by atoms with Crippen LogP contribution in [-0.2, 0) is 16.4 Å². The number of piperazine rings is 1. The zero-order chi connectivity index (χ0) is 26.3. The molecule has 11 nitrogen and oxygen atoms in total. The quantitative estimate of drug-likeness (QED) is 0.353. The van der Waals surface area contributed by atoms with Crippen molar-refractivity contribution < 1.29 is 12.8 Å². The molecular weight excluding hydrogens is 529 g/mol. The SMILES string of the molecule is CCc1nnc(NS(=O)(=O)c2ccc(N3CCN(c4ncnc5[nH]cc(N6CCC(F)C6)c45)CC3)cc2)s1. The number of aryl methyl sites for hydroxylation is 1. The number of halogens is 1. The van der Waals surface area contributed by atoms with Gasteiger partial charge in [0.25, 0.3) is 10.0 Å². The molecule has 0 radical (unpaired) electrons. The predicted octanol–water partition coefficient (Wildman–Crippen LogP) is 3.05. The molecule has 1 unspecified atom stereocenters. The van der Waals surface area contributed by atoms with Crippen LogP contribution in [0.3, 0.4) is 0 Å². The third-order valence-electron chi connectivity index (χ3n) is 6.98. The summed E-state index contributed by atoms with van der Waals surface area (Å²) in [5.41, 5.74) is 2.65. The Morgan fingerprint density at radius 1 is 1.05 bits per heavy atom. The average molecular weight is 558 g/mol. The molecular formula is C24H28FN9O2S2. The monoisotopic (exact) mass is 557 g/mol. The van der Waals surface area contributed by atoms with E-state index in [1.807, 2.05) is 25.3 Å². The summed E-state index contributed by atoms with van der Waals surface area (Å²) in [6.07, 6.45) is 3.88. The fraction of sp³-hybridized carbons (Fsp3) is 0.417. The smallest absolute Gasteiger partial charge is 0.263 e. The van der Waals surface area contributed by atoms with Gasteiger partial charge in [-0.25, -0.2) is 22.8 Å². The molecule has 0 amide bonds. The number of rotatable bonds is 7. The summed E-state index contributed by atoms with van der Waals surface area (Å²) in [7, 11) is -3.74. The van der Waals surface area contributed by atoms with Crippen molar-refractivity contribution in [2.45, 2.75) is 30.8 Å². The van der Waals surface area contributed by atoms with Crippen LogP contribution in [0, 0.1) is 0 Å². The maximum Gasteiger partial charge on any atom is 0.263 e. The summed E-state index contributed by atoms with van der Waals surface area (Å²) in [5, 5.41) is 9.83. The van der Waals surface area contributed by atoms with E-state index in [1.54, 1.807) is 18.5 Å². The Balaban J connectivity index is 1.14. The second-order valence-corrected chi connectivity index (χ2v) is 12.1. The Morgan fingerprint density at radius 3 is 2.50 bits per heavy atom. The number of benzene rings is 1. The van der Waals surface area contributed by atoms with Gasteiger partial charge in [0, 0.05) is 51.2 Å². The van der Waals surface area contributed by atoms with Gasteiger partial charge in [0.05, 0.1) is 16.0 Å². The fourth-order valence-electron chi connectivity index (χ4n) is 4.98. The highest BCUT2D eigenvalue weighted by molar-refractivity contribution is 7.93. The number of hydrogen-bond acceptors (Lipinski definition) is 10. The van der Waals surface area contributed by atoms with Crippen molar-refractivity contribution in [2.75, 3.05) is 58.7 Å². The van der Waals surface area contributed by atoms with Gasteiger partial charge < -0.3 is 19.7 Å². The lowest BCUT2D eigenvalue weighted by molar-refractivity contribution is 0.364. The van der Waals surface area contributed by atoms with E-state index in [4.69, 9.17) is 0 Å². The molecule has 2 fully saturated rings. The molecule has 0 bridgehead atoms.